The fourth-order valence-electron chi connectivity index (χ4n) is 2.11. The van der Waals surface area contributed by atoms with Crippen LogP contribution in [-0.2, 0) is 4.79 Å². The molecule has 1 N–H and O–H groups in total. The van der Waals surface area contributed by atoms with Gasteiger partial charge in [-0.1, -0.05) is 18.5 Å². The highest BCUT2D eigenvalue weighted by Gasteiger charge is 2.39. The number of nitrogens with zero attached hydrogens (tertiary/aromatic N) is 1. The summed E-state index contributed by atoms with van der Waals surface area (Å²) >= 11 is 9.43. The van der Waals surface area contributed by atoms with Gasteiger partial charge in [0, 0.05) is 22.0 Å². The zero-order chi connectivity index (χ0) is 13.6. The van der Waals surface area contributed by atoms with Crippen molar-refractivity contribution in [1.29, 1.82) is 0 Å². The number of amides is 1. The van der Waals surface area contributed by atoms with Crippen molar-refractivity contribution < 1.29 is 4.79 Å². The highest BCUT2D eigenvalue weighted by molar-refractivity contribution is 9.10. The van der Waals surface area contributed by atoms with Crippen molar-refractivity contribution in [3.05, 3.63) is 33.9 Å². The monoisotopic (exact) mass is 338 g/mol. The number of carbonyl (C=O) groups excluding carboxylic acids is 1. The van der Waals surface area contributed by atoms with Crippen LogP contribution in [0.4, 0.5) is 5.82 Å². The predicted octanol–water partition coefficient (Wildman–Crippen LogP) is 4.25. The molecule has 0 bridgehead atoms. The number of fused-ring (bicyclic) bond motifs is 1. The minimum atomic E-state index is 0.0624. The number of hydrogen-bond donors (Lipinski definition) is 1. The lowest BCUT2D eigenvalue weighted by atomic mass is 10.2. The Balaban J connectivity index is 1.89. The minimum absolute atomic E-state index is 0.0624. The van der Waals surface area contributed by atoms with E-state index in [0.29, 0.717) is 16.8 Å². The molecule has 1 aromatic carbocycles. The molecule has 1 amide bonds. The van der Waals surface area contributed by atoms with Crippen molar-refractivity contribution in [2.24, 2.45) is 11.8 Å². The van der Waals surface area contributed by atoms with Gasteiger partial charge in [0.05, 0.1) is 5.02 Å². The van der Waals surface area contributed by atoms with Crippen molar-refractivity contribution in [1.82, 2.24) is 4.98 Å². The lowest BCUT2D eigenvalue weighted by Gasteiger charge is -2.06. The van der Waals surface area contributed by atoms with Crippen LogP contribution in [0.5, 0.6) is 0 Å². The molecule has 1 aromatic heterocycles. The second-order valence-corrected chi connectivity index (χ2v) is 6.25. The Hall–Kier alpha value is -1.13. The molecule has 3 rings (SSSR count). The molecule has 0 spiro atoms. The van der Waals surface area contributed by atoms with E-state index in [-0.39, 0.29) is 11.8 Å². The van der Waals surface area contributed by atoms with Crippen LogP contribution in [0, 0.1) is 11.8 Å². The molecule has 0 saturated heterocycles. The lowest BCUT2D eigenvalue weighted by Crippen LogP contribution is -2.15. The van der Waals surface area contributed by atoms with Gasteiger partial charge in [0.2, 0.25) is 5.91 Å². The summed E-state index contributed by atoms with van der Waals surface area (Å²) in [5, 5.41) is 5.45. The Bertz CT molecular complexity index is 674. The van der Waals surface area contributed by atoms with E-state index >= 15 is 0 Å². The smallest absolute Gasteiger partial charge is 0.228 e. The van der Waals surface area contributed by atoms with Gasteiger partial charge < -0.3 is 5.32 Å². The Kier molecular flexibility index (Phi) is 3.23. The maximum Gasteiger partial charge on any atom is 0.228 e. The number of hydrogen-bond acceptors (Lipinski definition) is 2. The third-order valence-electron chi connectivity index (χ3n) is 3.46. The summed E-state index contributed by atoms with van der Waals surface area (Å²) in [6, 6.07) is 5.64. The Morgan fingerprint density at radius 3 is 2.84 bits per heavy atom. The average Bonchev–Trinajstić information content (AvgIpc) is 3.08. The third kappa shape index (κ3) is 2.60. The summed E-state index contributed by atoms with van der Waals surface area (Å²) in [7, 11) is 0. The van der Waals surface area contributed by atoms with Gasteiger partial charge in [-0.15, -0.1) is 0 Å². The predicted molar refractivity (Wildman–Crippen MR) is 80.4 cm³/mol. The van der Waals surface area contributed by atoms with E-state index < -0.39 is 0 Å². The number of rotatable bonds is 2. The topological polar surface area (TPSA) is 42.0 Å². The van der Waals surface area contributed by atoms with Gasteiger partial charge in [-0.3, -0.25) is 4.79 Å². The Morgan fingerprint density at radius 1 is 1.42 bits per heavy atom. The number of halogens is 2. The normalized spacial score (nSPS) is 21.4. The molecule has 1 aliphatic rings. The summed E-state index contributed by atoms with van der Waals surface area (Å²) in [4.78, 5) is 16.1. The number of pyridine rings is 1. The van der Waals surface area contributed by atoms with Gasteiger partial charge in [-0.25, -0.2) is 4.98 Å². The van der Waals surface area contributed by atoms with E-state index in [0.717, 1.165) is 21.7 Å². The molecule has 5 heteroatoms. The fourth-order valence-corrected chi connectivity index (χ4v) is 2.65. The summed E-state index contributed by atoms with van der Waals surface area (Å²) in [5.41, 5.74) is 0. The fraction of sp³-hybridized carbons (Fsp3) is 0.286. The third-order valence-corrected chi connectivity index (χ3v) is 4.66. The zero-order valence-corrected chi connectivity index (χ0v) is 12.6. The molecule has 1 saturated carbocycles. The van der Waals surface area contributed by atoms with Crippen molar-refractivity contribution in [2.75, 3.05) is 5.32 Å². The summed E-state index contributed by atoms with van der Waals surface area (Å²) in [6.07, 6.45) is 2.69. The molecule has 1 fully saturated rings. The minimum Gasteiger partial charge on any atom is -0.310 e. The maximum atomic E-state index is 11.9. The summed E-state index contributed by atoms with van der Waals surface area (Å²) in [6.45, 7) is 2.08. The van der Waals surface area contributed by atoms with Crippen molar-refractivity contribution in [2.45, 2.75) is 13.3 Å². The Morgan fingerprint density at radius 2 is 2.16 bits per heavy atom. The van der Waals surface area contributed by atoms with Crippen LogP contribution in [-0.4, -0.2) is 10.9 Å². The molecule has 0 aliphatic heterocycles. The van der Waals surface area contributed by atoms with Crippen molar-refractivity contribution in [3.8, 4) is 0 Å². The van der Waals surface area contributed by atoms with Crippen molar-refractivity contribution in [3.63, 3.8) is 0 Å². The van der Waals surface area contributed by atoms with Gasteiger partial charge in [0.25, 0.3) is 0 Å². The lowest BCUT2D eigenvalue weighted by molar-refractivity contribution is -0.117. The van der Waals surface area contributed by atoms with E-state index in [1.807, 2.05) is 18.2 Å². The van der Waals surface area contributed by atoms with E-state index in [1.54, 1.807) is 6.20 Å². The molecule has 1 aliphatic carbocycles. The van der Waals surface area contributed by atoms with Crippen molar-refractivity contribution >= 4 is 50.0 Å². The molecular weight excluding hydrogens is 328 g/mol. The van der Waals surface area contributed by atoms with E-state index in [4.69, 9.17) is 11.6 Å². The van der Waals surface area contributed by atoms with Crippen LogP contribution in [0.3, 0.4) is 0 Å². The van der Waals surface area contributed by atoms with E-state index in [1.165, 1.54) is 0 Å². The number of nitrogens with one attached hydrogen (secondary N) is 1. The summed E-state index contributed by atoms with van der Waals surface area (Å²) in [5.74, 6) is 1.29. The first-order valence-corrected chi connectivity index (χ1v) is 7.27. The number of aromatic nitrogens is 1. The van der Waals surface area contributed by atoms with Gasteiger partial charge in [0.1, 0.15) is 5.82 Å². The molecular formula is C14H12BrClN2O. The van der Waals surface area contributed by atoms with E-state index in [9.17, 15) is 4.79 Å². The average molecular weight is 340 g/mol. The molecule has 19 heavy (non-hydrogen) atoms. The van der Waals surface area contributed by atoms with E-state index in [2.05, 4.69) is 33.2 Å². The highest BCUT2D eigenvalue weighted by atomic mass is 79.9. The van der Waals surface area contributed by atoms with Gasteiger partial charge in [-0.2, -0.15) is 0 Å². The first kappa shape index (κ1) is 12.9. The second kappa shape index (κ2) is 4.76. The molecule has 2 aromatic rings. The van der Waals surface area contributed by atoms with Gasteiger partial charge in [-0.05, 0) is 51.9 Å². The van der Waals surface area contributed by atoms with Crippen LogP contribution in [0.1, 0.15) is 13.3 Å². The molecule has 0 radical (unpaired) electrons. The summed E-state index contributed by atoms with van der Waals surface area (Å²) < 4.78 is 0.834. The number of anilines is 1. The van der Waals surface area contributed by atoms with Gasteiger partial charge >= 0.3 is 0 Å². The second-order valence-electron chi connectivity index (χ2n) is 4.99. The number of carbonyl (C=O) groups is 1. The van der Waals surface area contributed by atoms with Crippen LogP contribution in [0.25, 0.3) is 10.8 Å². The molecule has 2 unspecified atom stereocenters. The number of benzene rings is 1. The standard InChI is InChI=1S/C14H12BrClN2O/c1-7-2-10(7)14(19)18-13-5-8-3-11(15)12(16)4-9(8)6-17-13/h3-7,10H,2H2,1H3,(H,17,18,19). The molecule has 1 heterocycles. The Labute approximate surface area is 124 Å². The van der Waals surface area contributed by atoms with Crippen LogP contribution in [0.15, 0.2) is 28.9 Å². The van der Waals surface area contributed by atoms with Crippen LogP contribution >= 0.6 is 27.5 Å². The zero-order valence-electron chi connectivity index (χ0n) is 10.3. The first-order chi connectivity index (χ1) is 9.04. The molecule has 2 atom stereocenters. The van der Waals surface area contributed by atoms with Crippen LogP contribution in [0.2, 0.25) is 5.02 Å². The largest absolute Gasteiger partial charge is 0.310 e. The quantitative estimate of drug-likeness (QED) is 0.889. The SMILES string of the molecule is CC1CC1C(=O)Nc1cc2cc(Br)c(Cl)cc2cn1. The first-order valence-electron chi connectivity index (χ1n) is 6.10. The molecule has 3 nitrogen and oxygen atoms in total. The molecule has 98 valence electrons. The maximum absolute atomic E-state index is 11.9. The van der Waals surface area contributed by atoms with Crippen LogP contribution < -0.4 is 5.32 Å². The highest BCUT2D eigenvalue weighted by Crippen LogP contribution is 2.38. The van der Waals surface area contributed by atoms with Gasteiger partial charge in [0.15, 0.2) is 0 Å².